The number of rotatable bonds is 1. The quantitative estimate of drug-likeness (QED) is 0.688. The van der Waals surface area contributed by atoms with Crippen molar-refractivity contribution in [2.75, 3.05) is 0 Å². The fraction of sp³-hybridized carbons (Fsp3) is 0.0625. The van der Waals surface area contributed by atoms with E-state index in [1.54, 1.807) is 0 Å². The van der Waals surface area contributed by atoms with Crippen LogP contribution in [-0.4, -0.2) is 4.98 Å². The maximum atomic E-state index is 12.0. The first-order valence-corrected chi connectivity index (χ1v) is 5.94. The Morgan fingerprint density at radius 3 is 2.33 bits per heavy atom. The molecular weight excluding hydrogens is 222 g/mol. The van der Waals surface area contributed by atoms with Gasteiger partial charge in [0.15, 0.2) is 0 Å². The summed E-state index contributed by atoms with van der Waals surface area (Å²) in [6, 6.07) is 17.9. The topological polar surface area (TPSA) is 32.9 Å². The molecule has 0 bridgehead atoms. The summed E-state index contributed by atoms with van der Waals surface area (Å²) in [5, 5.41) is 1.08. The second-order valence-electron chi connectivity index (χ2n) is 4.37. The van der Waals surface area contributed by atoms with Crippen molar-refractivity contribution in [1.82, 2.24) is 4.98 Å². The minimum atomic E-state index is -0.0208. The Morgan fingerprint density at radius 1 is 0.889 bits per heavy atom. The minimum Gasteiger partial charge on any atom is -0.322 e. The van der Waals surface area contributed by atoms with Crippen LogP contribution in [0.15, 0.2) is 59.4 Å². The summed E-state index contributed by atoms with van der Waals surface area (Å²) in [7, 11) is 0. The van der Waals surface area contributed by atoms with Crippen molar-refractivity contribution in [3.8, 4) is 11.1 Å². The van der Waals surface area contributed by atoms with Crippen molar-refractivity contribution < 1.29 is 0 Å². The van der Waals surface area contributed by atoms with Gasteiger partial charge in [-0.3, -0.25) is 4.79 Å². The summed E-state index contributed by atoms with van der Waals surface area (Å²) in [5.74, 6) is 0. The number of para-hydroxylation sites is 1. The van der Waals surface area contributed by atoms with E-state index in [0.717, 1.165) is 27.6 Å². The predicted octanol–water partition coefficient (Wildman–Crippen LogP) is 3.50. The highest BCUT2D eigenvalue weighted by Crippen LogP contribution is 2.28. The van der Waals surface area contributed by atoms with Gasteiger partial charge in [0, 0.05) is 16.5 Å². The molecule has 0 saturated heterocycles. The minimum absolute atomic E-state index is 0.0208. The van der Waals surface area contributed by atoms with E-state index in [0.29, 0.717) is 0 Å². The molecule has 0 amide bonds. The second kappa shape index (κ2) is 4.15. The molecule has 3 aromatic rings. The molecule has 3 rings (SSSR count). The van der Waals surface area contributed by atoms with E-state index in [1.807, 2.05) is 61.5 Å². The van der Waals surface area contributed by atoms with Gasteiger partial charge in [-0.15, -0.1) is 0 Å². The maximum Gasteiger partial charge on any atom is 0.251 e. The Balaban J connectivity index is 2.47. The molecule has 0 spiro atoms. The van der Waals surface area contributed by atoms with Gasteiger partial charge in [-0.2, -0.15) is 0 Å². The number of nitrogens with one attached hydrogen (secondary N) is 1. The molecule has 1 N–H and O–H groups in total. The smallest absolute Gasteiger partial charge is 0.251 e. The van der Waals surface area contributed by atoms with Gasteiger partial charge in [0.1, 0.15) is 0 Å². The molecule has 2 nitrogen and oxygen atoms in total. The zero-order valence-corrected chi connectivity index (χ0v) is 10.1. The molecule has 0 fully saturated rings. The van der Waals surface area contributed by atoms with Crippen LogP contribution in [-0.2, 0) is 0 Å². The highest BCUT2D eigenvalue weighted by Gasteiger charge is 2.09. The number of aromatic amines is 1. The number of H-pyrrole nitrogens is 1. The van der Waals surface area contributed by atoms with E-state index in [1.165, 1.54) is 0 Å². The third-order valence-electron chi connectivity index (χ3n) is 3.22. The standard InChI is InChI=1S/C16H13NO/c1-11-15(12-7-3-2-4-8-12)13-9-5-6-10-14(13)17-16(11)18/h2-10H,1H3,(H,17,18). The van der Waals surface area contributed by atoms with Crippen LogP contribution in [0.3, 0.4) is 0 Å². The molecule has 0 aliphatic rings. The third-order valence-corrected chi connectivity index (χ3v) is 3.22. The molecule has 0 aliphatic carbocycles. The van der Waals surface area contributed by atoms with Crippen molar-refractivity contribution in [1.29, 1.82) is 0 Å². The lowest BCUT2D eigenvalue weighted by molar-refractivity contribution is 1.24. The van der Waals surface area contributed by atoms with E-state index in [9.17, 15) is 4.79 Å². The summed E-state index contributed by atoms with van der Waals surface area (Å²) in [4.78, 5) is 14.9. The maximum absolute atomic E-state index is 12.0. The van der Waals surface area contributed by atoms with Gasteiger partial charge in [0.2, 0.25) is 0 Å². The van der Waals surface area contributed by atoms with E-state index in [4.69, 9.17) is 0 Å². The Morgan fingerprint density at radius 2 is 1.56 bits per heavy atom. The lowest BCUT2D eigenvalue weighted by Gasteiger charge is -2.09. The average Bonchev–Trinajstić information content (AvgIpc) is 2.41. The molecule has 0 atom stereocenters. The summed E-state index contributed by atoms with van der Waals surface area (Å²) in [6.45, 7) is 1.87. The van der Waals surface area contributed by atoms with E-state index in [-0.39, 0.29) is 5.56 Å². The van der Waals surface area contributed by atoms with E-state index >= 15 is 0 Å². The lowest BCUT2D eigenvalue weighted by Crippen LogP contribution is -2.11. The highest BCUT2D eigenvalue weighted by molar-refractivity contribution is 5.95. The van der Waals surface area contributed by atoms with Gasteiger partial charge in [0.25, 0.3) is 5.56 Å². The van der Waals surface area contributed by atoms with Crippen LogP contribution < -0.4 is 5.56 Å². The van der Waals surface area contributed by atoms with Crippen molar-refractivity contribution >= 4 is 10.9 Å². The molecule has 0 radical (unpaired) electrons. The lowest BCUT2D eigenvalue weighted by atomic mass is 9.97. The monoisotopic (exact) mass is 235 g/mol. The molecule has 2 heteroatoms. The second-order valence-corrected chi connectivity index (χ2v) is 4.37. The SMILES string of the molecule is Cc1c(-c2ccccc2)c2ccccc2[nH]c1=O. The first kappa shape index (κ1) is 10.8. The van der Waals surface area contributed by atoms with Crippen LogP contribution in [0, 0.1) is 6.92 Å². The highest BCUT2D eigenvalue weighted by atomic mass is 16.1. The van der Waals surface area contributed by atoms with Crippen LogP contribution in [0.2, 0.25) is 0 Å². The third kappa shape index (κ3) is 1.63. The normalized spacial score (nSPS) is 10.7. The van der Waals surface area contributed by atoms with Crippen LogP contribution in [0.5, 0.6) is 0 Å². The molecular formula is C16H13NO. The summed E-state index contributed by atoms with van der Waals surface area (Å²) in [5.41, 5.74) is 3.73. The molecule has 88 valence electrons. The van der Waals surface area contributed by atoms with E-state index in [2.05, 4.69) is 4.98 Å². The predicted molar refractivity (Wildman–Crippen MR) is 74.7 cm³/mol. The first-order valence-electron chi connectivity index (χ1n) is 5.94. The molecule has 0 saturated carbocycles. The summed E-state index contributed by atoms with van der Waals surface area (Å²) < 4.78 is 0. The fourth-order valence-corrected chi connectivity index (χ4v) is 2.32. The Bertz CT molecular complexity index is 757. The van der Waals surface area contributed by atoms with Crippen molar-refractivity contribution in [2.45, 2.75) is 6.92 Å². The molecule has 1 heterocycles. The fourth-order valence-electron chi connectivity index (χ4n) is 2.32. The number of aromatic nitrogens is 1. The molecule has 2 aromatic carbocycles. The number of benzene rings is 2. The zero-order chi connectivity index (χ0) is 12.5. The molecule has 1 aromatic heterocycles. The Labute approximate surface area is 105 Å². The van der Waals surface area contributed by atoms with Gasteiger partial charge in [-0.1, -0.05) is 48.5 Å². The Kier molecular flexibility index (Phi) is 2.49. The average molecular weight is 235 g/mol. The van der Waals surface area contributed by atoms with Crippen LogP contribution in [0.1, 0.15) is 5.56 Å². The molecule has 0 unspecified atom stereocenters. The first-order chi connectivity index (χ1) is 8.77. The summed E-state index contributed by atoms with van der Waals surface area (Å²) in [6.07, 6.45) is 0. The van der Waals surface area contributed by atoms with Gasteiger partial charge in [0.05, 0.1) is 0 Å². The number of pyridine rings is 1. The number of hydrogen-bond donors (Lipinski definition) is 1. The zero-order valence-electron chi connectivity index (χ0n) is 10.1. The number of fused-ring (bicyclic) bond motifs is 1. The largest absolute Gasteiger partial charge is 0.322 e. The van der Waals surface area contributed by atoms with Crippen LogP contribution in [0.4, 0.5) is 0 Å². The van der Waals surface area contributed by atoms with Crippen LogP contribution in [0.25, 0.3) is 22.0 Å². The van der Waals surface area contributed by atoms with Gasteiger partial charge in [-0.05, 0) is 24.1 Å². The van der Waals surface area contributed by atoms with E-state index < -0.39 is 0 Å². The Hall–Kier alpha value is -2.35. The van der Waals surface area contributed by atoms with Gasteiger partial charge >= 0.3 is 0 Å². The van der Waals surface area contributed by atoms with Gasteiger partial charge in [-0.25, -0.2) is 0 Å². The van der Waals surface area contributed by atoms with Crippen molar-refractivity contribution in [3.05, 3.63) is 70.5 Å². The summed E-state index contributed by atoms with van der Waals surface area (Å²) >= 11 is 0. The van der Waals surface area contributed by atoms with Gasteiger partial charge < -0.3 is 4.98 Å². The molecule has 0 aliphatic heterocycles. The molecule has 18 heavy (non-hydrogen) atoms. The van der Waals surface area contributed by atoms with Crippen molar-refractivity contribution in [3.63, 3.8) is 0 Å². The van der Waals surface area contributed by atoms with Crippen LogP contribution >= 0.6 is 0 Å². The van der Waals surface area contributed by atoms with Crippen molar-refractivity contribution in [2.24, 2.45) is 0 Å². The number of hydrogen-bond acceptors (Lipinski definition) is 1.